The molecule has 0 aliphatic heterocycles. The third-order valence-electron chi connectivity index (χ3n) is 5.87. The van der Waals surface area contributed by atoms with Gasteiger partial charge >= 0.3 is 203 Å². The summed E-state index contributed by atoms with van der Waals surface area (Å²) in [5.74, 6) is -7.19. The predicted octanol–water partition coefficient (Wildman–Crippen LogP) is 4.89. The summed E-state index contributed by atoms with van der Waals surface area (Å²) in [5.41, 5.74) is 0. The fraction of sp³-hybridized carbons (Fsp3) is 0.154. The van der Waals surface area contributed by atoms with Gasteiger partial charge in [0, 0.05) is 0 Å². The van der Waals surface area contributed by atoms with Gasteiger partial charge < -0.3 is 0 Å². The molecule has 0 atom stereocenters. The van der Waals surface area contributed by atoms with Crippen LogP contribution in [0.4, 0.5) is 17.6 Å². The molecule has 180 valence electrons. The van der Waals surface area contributed by atoms with Crippen LogP contribution in [0.3, 0.4) is 0 Å². The molecule has 0 N–H and O–H groups in total. The Balaban J connectivity index is 2.17. The first-order valence-corrected chi connectivity index (χ1v) is 13.9. The zero-order valence-corrected chi connectivity index (χ0v) is 20.4. The zero-order chi connectivity index (χ0) is 25.3. The van der Waals surface area contributed by atoms with Crippen molar-refractivity contribution < 1.29 is 53.2 Å². The van der Waals surface area contributed by atoms with E-state index in [0.29, 0.717) is 7.76 Å². The van der Waals surface area contributed by atoms with Crippen molar-refractivity contribution in [3.05, 3.63) is 91.7 Å². The fourth-order valence-electron chi connectivity index (χ4n) is 4.65. The average molecular weight is 520 g/mol. The molecule has 2 aliphatic carbocycles. The second-order valence-corrected chi connectivity index (χ2v) is 14.0. The van der Waals surface area contributed by atoms with Gasteiger partial charge in [-0.05, 0) is 0 Å². The number of carbonyl (C=O) groups is 2. The summed E-state index contributed by atoms with van der Waals surface area (Å²) in [6.07, 6.45) is 10.5. The number of hydrogen-bond acceptors (Lipinski definition) is 4. The molecule has 2 aromatic rings. The normalized spacial score (nSPS) is 14.7. The number of hydrogen-bond donors (Lipinski definition) is 0. The molecule has 0 saturated carbocycles. The van der Waals surface area contributed by atoms with E-state index in [1.807, 2.05) is 0 Å². The number of esters is 2. The standard InChI is InChI=1S/2C8H5F2O2.2C5H5.Ti/c2*1-5(11)12-8-3-2-6(9)4-7(8)10;2*1-2-4-5-3-1;/h2*2-3H,1H3;2*1-3H,4H2;. The number of ether oxygens (including phenoxy) is 2. The third kappa shape index (κ3) is 4.32. The first kappa shape index (κ1) is 24.9. The Labute approximate surface area is 202 Å². The number of allylic oxidation sites excluding steroid dienone is 8. The van der Waals surface area contributed by atoms with E-state index in [2.05, 4.69) is 0 Å². The van der Waals surface area contributed by atoms with Crippen molar-refractivity contribution in [1.82, 2.24) is 0 Å². The van der Waals surface area contributed by atoms with Crippen molar-refractivity contribution in [2.75, 3.05) is 0 Å². The van der Waals surface area contributed by atoms with Gasteiger partial charge in [0.25, 0.3) is 0 Å². The molecule has 2 aromatic carbocycles. The van der Waals surface area contributed by atoms with Crippen LogP contribution in [0, 0.1) is 23.3 Å². The Bertz CT molecular complexity index is 1250. The van der Waals surface area contributed by atoms with Crippen molar-refractivity contribution >= 4 is 19.7 Å². The maximum atomic E-state index is 16.1. The van der Waals surface area contributed by atoms with Crippen LogP contribution in [0.15, 0.2) is 68.5 Å². The van der Waals surface area contributed by atoms with E-state index in [1.165, 1.54) is 0 Å². The number of halogens is 4. The minimum absolute atomic E-state index is 0.213. The van der Waals surface area contributed by atoms with E-state index in [4.69, 9.17) is 9.47 Å². The van der Waals surface area contributed by atoms with Crippen molar-refractivity contribution in [1.29, 1.82) is 0 Å². The van der Waals surface area contributed by atoms with Crippen LogP contribution < -0.4 is 17.2 Å². The summed E-state index contributed by atoms with van der Waals surface area (Å²) in [5, 5.41) is 0. The van der Waals surface area contributed by atoms with Crippen LogP contribution in [0.1, 0.15) is 26.7 Å². The molecular weight excluding hydrogens is 500 g/mol. The van der Waals surface area contributed by atoms with Gasteiger partial charge in [-0.25, -0.2) is 0 Å². The van der Waals surface area contributed by atoms with Crippen LogP contribution in [-0.4, -0.2) is 11.9 Å². The van der Waals surface area contributed by atoms with E-state index >= 15 is 17.6 Å². The monoisotopic (exact) mass is 520 g/mol. The van der Waals surface area contributed by atoms with E-state index in [0.717, 1.165) is 38.1 Å². The fourth-order valence-corrected chi connectivity index (χ4v) is 12.9. The molecule has 0 spiro atoms. The van der Waals surface area contributed by atoms with Gasteiger partial charge in [-0.15, -0.1) is 0 Å². The van der Waals surface area contributed by atoms with Gasteiger partial charge in [0.2, 0.25) is 0 Å². The summed E-state index contributed by atoms with van der Waals surface area (Å²) in [6.45, 7) is 2.12. The molecule has 35 heavy (non-hydrogen) atoms. The van der Waals surface area contributed by atoms with Gasteiger partial charge in [0.05, 0.1) is 0 Å². The summed E-state index contributed by atoms with van der Waals surface area (Å²) in [6, 6.07) is 3.78. The maximum absolute atomic E-state index is 16.1. The molecule has 4 rings (SSSR count). The Hall–Kier alpha value is -3.23. The van der Waals surface area contributed by atoms with Crippen molar-refractivity contribution in [3.8, 4) is 11.5 Å². The molecule has 0 amide bonds. The number of rotatable bonds is 6. The van der Waals surface area contributed by atoms with Crippen LogP contribution in [0.2, 0.25) is 0 Å². The van der Waals surface area contributed by atoms with Crippen molar-refractivity contribution in [2.24, 2.45) is 0 Å². The molecular formula is C26H20F4O4Ti. The minimum atomic E-state index is -5.08. The van der Waals surface area contributed by atoms with Gasteiger partial charge in [-0.2, -0.15) is 0 Å². The molecule has 9 heteroatoms. The summed E-state index contributed by atoms with van der Waals surface area (Å²) in [4.78, 5) is 23.1. The van der Waals surface area contributed by atoms with Crippen LogP contribution in [0.5, 0.6) is 11.5 Å². The van der Waals surface area contributed by atoms with Crippen LogP contribution in [-0.2, 0) is 26.2 Å². The van der Waals surface area contributed by atoms with Gasteiger partial charge in [0.15, 0.2) is 0 Å². The first-order valence-electron chi connectivity index (χ1n) is 10.7. The molecule has 0 bridgehead atoms. The van der Waals surface area contributed by atoms with Gasteiger partial charge in [-0.3, -0.25) is 0 Å². The molecule has 0 saturated heterocycles. The second-order valence-electron chi connectivity index (χ2n) is 8.05. The molecule has 0 radical (unpaired) electrons. The Morgan fingerprint density at radius 2 is 1.11 bits per heavy atom. The van der Waals surface area contributed by atoms with E-state index in [9.17, 15) is 9.59 Å². The molecule has 4 nitrogen and oxygen atoms in total. The van der Waals surface area contributed by atoms with E-state index in [1.54, 1.807) is 36.5 Å². The van der Waals surface area contributed by atoms with Gasteiger partial charge in [0.1, 0.15) is 0 Å². The number of carbonyl (C=O) groups excluding carboxylic acids is 2. The number of benzene rings is 2. The second kappa shape index (κ2) is 9.80. The zero-order valence-electron chi connectivity index (χ0n) is 18.8. The van der Waals surface area contributed by atoms with E-state index < -0.39 is 71.0 Å². The Morgan fingerprint density at radius 3 is 1.43 bits per heavy atom. The molecule has 0 aromatic heterocycles. The van der Waals surface area contributed by atoms with Crippen LogP contribution >= 0.6 is 0 Å². The van der Waals surface area contributed by atoms with Crippen LogP contribution in [0.25, 0.3) is 0 Å². The Kier molecular flexibility index (Phi) is 6.96. The summed E-state index contributed by atoms with van der Waals surface area (Å²) >= 11 is -5.08. The Morgan fingerprint density at radius 1 is 0.714 bits per heavy atom. The topological polar surface area (TPSA) is 52.6 Å². The first-order chi connectivity index (χ1) is 16.7. The molecule has 0 fully saturated rings. The summed E-state index contributed by atoms with van der Waals surface area (Å²) < 4.78 is 73.3. The van der Waals surface area contributed by atoms with Gasteiger partial charge in [-0.1, -0.05) is 0 Å². The van der Waals surface area contributed by atoms with Crippen molar-refractivity contribution in [3.63, 3.8) is 0 Å². The molecule has 0 unspecified atom stereocenters. The molecule has 2 aliphatic rings. The van der Waals surface area contributed by atoms with E-state index in [-0.39, 0.29) is 12.8 Å². The average Bonchev–Trinajstić information content (AvgIpc) is 3.51. The van der Waals surface area contributed by atoms with Crippen molar-refractivity contribution in [2.45, 2.75) is 26.7 Å². The summed E-state index contributed by atoms with van der Waals surface area (Å²) in [7, 11) is 0. The molecule has 0 heterocycles. The predicted molar refractivity (Wildman–Crippen MR) is 118 cm³/mol. The SMILES string of the molecule is CC(=O)Oc1ccc(F)[c]([Ti]([C]2=CC=CC2)([C]2=CC=CC2)[c]2c(F)ccc(OC(C)=O)c2F)c1F. The third-order valence-corrected chi connectivity index (χ3v) is 13.8. The quantitative estimate of drug-likeness (QED) is 0.236.